The summed E-state index contributed by atoms with van der Waals surface area (Å²) in [4.78, 5) is 8.94. The van der Waals surface area contributed by atoms with Gasteiger partial charge in [-0.1, -0.05) is 0 Å². The summed E-state index contributed by atoms with van der Waals surface area (Å²) in [6.45, 7) is 0.805. The van der Waals surface area contributed by atoms with Crippen molar-refractivity contribution in [2.45, 2.75) is 18.9 Å². The third kappa shape index (κ3) is 3.19. The number of aromatic nitrogens is 6. The lowest BCUT2D eigenvalue weighted by atomic mass is 9.92. The third-order valence-corrected chi connectivity index (χ3v) is 4.61. The molecule has 1 aliphatic rings. The van der Waals surface area contributed by atoms with E-state index in [1.165, 1.54) is 7.11 Å². The second-order valence-electron chi connectivity index (χ2n) is 6.17. The first-order valence-corrected chi connectivity index (χ1v) is 8.49. The standard InChI is InChI=1S/C16H20FN7O2/c1-25-15-6-13(22-23-15)20-14-9-18-11-8-19-24(16(11)21-14)12(7-17)10-2-4-26-5-3-10/h6,8-10,12H,2-5,7H2,1H3,(H2,20,21,22,23)/t12-/m0/s1. The number of aromatic amines is 1. The van der Waals surface area contributed by atoms with Crippen LogP contribution in [0.3, 0.4) is 0 Å². The Bertz CT molecular complexity index is 874. The number of alkyl halides is 1. The van der Waals surface area contributed by atoms with Gasteiger partial charge in [-0.3, -0.25) is 5.10 Å². The van der Waals surface area contributed by atoms with Crippen LogP contribution in [0.2, 0.25) is 0 Å². The van der Waals surface area contributed by atoms with Gasteiger partial charge in [0.15, 0.2) is 11.5 Å². The van der Waals surface area contributed by atoms with Crippen LogP contribution in [0, 0.1) is 5.92 Å². The summed E-state index contributed by atoms with van der Waals surface area (Å²) < 4.78 is 25.9. The molecule has 1 atom stereocenters. The van der Waals surface area contributed by atoms with Gasteiger partial charge < -0.3 is 14.8 Å². The molecule has 10 heteroatoms. The summed E-state index contributed by atoms with van der Waals surface area (Å²) in [5.41, 5.74) is 1.18. The minimum Gasteiger partial charge on any atom is -0.480 e. The predicted molar refractivity (Wildman–Crippen MR) is 92.3 cm³/mol. The molecule has 4 heterocycles. The fraction of sp³-hybridized carbons (Fsp3) is 0.500. The van der Waals surface area contributed by atoms with E-state index < -0.39 is 6.67 Å². The molecule has 1 saturated heterocycles. The molecule has 9 nitrogen and oxygen atoms in total. The number of nitrogens with one attached hydrogen (secondary N) is 2. The summed E-state index contributed by atoms with van der Waals surface area (Å²) in [6.07, 6.45) is 4.85. The van der Waals surface area contributed by atoms with Gasteiger partial charge in [-0.25, -0.2) is 19.0 Å². The number of halogens is 1. The normalized spacial score (nSPS) is 16.7. The minimum absolute atomic E-state index is 0.173. The number of anilines is 2. The maximum Gasteiger partial charge on any atom is 0.234 e. The molecule has 0 radical (unpaired) electrons. The monoisotopic (exact) mass is 361 g/mol. The average Bonchev–Trinajstić information content (AvgIpc) is 3.30. The average molecular weight is 361 g/mol. The van der Waals surface area contributed by atoms with E-state index in [-0.39, 0.29) is 12.0 Å². The van der Waals surface area contributed by atoms with E-state index in [9.17, 15) is 4.39 Å². The summed E-state index contributed by atoms with van der Waals surface area (Å²) in [6, 6.07) is 1.34. The van der Waals surface area contributed by atoms with Crippen molar-refractivity contribution in [3.8, 4) is 5.88 Å². The maximum atomic E-state index is 13.8. The van der Waals surface area contributed by atoms with E-state index in [2.05, 4.69) is 30.6 Å². The molecule has 3 aromatic rings. The molecule has 4 rings (SSSR count). The van der Waals surface area contributed by atoms with Gasteiger partial charge >= 0.3 is 0 Å². The second-order valence-corrected chi connectivity index (χ2v) is 6.17. The lowest BCUT2D eigenvalue weighted by Gasteiger charge is -2.28. The maximum absolute atomic E-state index is 13.8. The highest BCUT2D eigenvalue weighted by Crippen LogP contribution is 2.30. The van der Waals surface area contributed by atoms with Crippen LogP contribution in [0.25, 0.3) is 11.2 Å². The Morgan fingerprint density at radius 2 is 2.27 bits per heavy atom. The summed E-state index contributed by atoms with van der Waals surface area (Å²) in [5, 5.41) is 14.2. The molecular formula is C16H20FN7O2. The number of fused-ring (bicyclic) bond motifs is 1. The highest BCUT2D eigenvalue weighted by Gasteiger charge is 2.28. The number of ether oxygens (including phenoxy) is 2. The van der Waals surface area contributed by atoms with Crippen LogP contribution in [-0.4, -0.2) is 56.9 Å². The van der Waals surface area contributed by atoms with Gasteiger partial charge in [0, 0.05) is 19.3 Å². The smallest absolute Gasteiger partial charge is 0.234 e. The number of hydrogen-bond acceptors (Lipinski definition) is 7. The van der Waals surface area contributed by atoms with Gasteiger partial charge in [-0.2, -0.15) is 5.10 Å². The van der Waals surface area contributed by atoms with Gasteiger partial charge in [0.05, 0.1) is 25.5 Å². The number of hydrogen-bond donors (Lipinski definition) is 2. The fourth-order valence-corrected chi connectivity index (χ4v) is 3.22. The molecule has 1 fully saturated rings. The van der Waals surface area contributed by atoms with Gasteiger partial charge in [0.1, 0.15) is 18.0 Å². The quantitative estimate of drug-likeness (QED) is 0.694. The minimum atomic E-state index is -0.501. The topological polar surface area (TPSA) is 103 Å². The Labute approximate surface area is 148 Å². The third-order valence-electron chi connectivity index (χ3n) is 4.61. The molecule has 138 valence electrons. The van der Waals surface area contributed by atoms with Crippen LogP contribution in [0.5, 0.6) is 5.88 Å². The van der Waals surface area contributed by atoms with Gasteiger partial charge in [-0.15, -0.1) is 5.10 Å². The Morgan fingerprint density at radius 1 is 1.42 bits per heavy atom. The van der Waals surface area contributed by atoms with Crippen LogP contribution in [0.15, 0.2) is 18.5 Å². The van der Waals surface area contributed by atoms with Crippen molar-refractivity contribution >= 4 is 22.8 Å². The van der Waals surface area contributed by atoms with Crippen LogP contribution >= 0.6 is 0 Å². The molecule has 0 saturated carbocycles. The summed E-state index contributed by atoms with van der Waals surface area (Å²) in [5.74, 6) is 1.76. The zero-order valence-electron chi connectivity index (χ0n) is 14.4. The molecule has 3 aromatic heterocycles. The zero-order valence-corrected chi connectivity index (χ0v) is 14.4. The predicted octanol–water partition coefficient (Wildman–Crippen LogP) is 2.24. The zero-order chi connectivity index (χ0) is 17.9. The van der Waals surface area contributed by atoms with Crippen molar-refractivity contribution in [3.05, 3.63) is 18.5 Å². The van der Waals surface area contributed by atoms with Crippen LogP contribution in [-0.2, 0) is 4.74 Å². The van der Waals surface area contributed by atoms with Crippen LogP contribution in [0.1, 0.15) is 18.9 Å². The Hall–Kier alpha value is -2.75. The Balaban J connectivity index is 1.63. The van der Waals surface area contributed by atoms with E-state index in [0.29, 0.717) is 41.9 Å². The first-order chi connectivity index (χ1) is 12.8. The highest BCUT2D eigenvalue weighted by atomic mass is 19.1. The number of nitrogens with zero attached hydrogens (tertiary/aromatic N) is 5. The largest absolute Gasteiger partial charge is 0.480 e. The van der Waals surface area contributed by atoms with Crippen molar-refractivity contribution in [3.63, 3.8) is 0 Å². The first-order valence-electron chi connectivity index (χ1n) is 8.49. The van der Waals surface area contributed by atoms with Crippen LogP contribution < -0.4 is 10.1 Å². The first kappa shape index (κ1) is 16.7. The van der Waals surface area contributed by atoms with Crippen molar-refractivity contribution in [2.75, 3.05) is 32.3 Å². The molecular weight excluding hydrogens is 341 g/mol. The lowest BCUT2D eigenvalue weighted by molar-refractivity contribution is 0.0425. The van der Waals surface area contributed by atoms with Gasteiger partial charge in [-0.05, 0) is 18.8 Å². The van der Waals surface area contributed by atoms with E-state index >= 15 is 0 Å². The summed E-state index contributed by atoms with van der Waals surface area (Å²) >= 11 is 0. The highest BCUT2D eigenvalue weighted by molar-refractivity contribution is 5.72. The number of H-pyrrole nitrogens is 1. The van der Waals surface area contributed by atoms with Crippen molar-refractivity contribution in [1.29, 1.82) is 0 Å². The van der Waals surface area contributed by atoms with Crippen molar-refractivity contribution in [2.24, 2.45) is 5.92 Å². The van der Waals surface area contributed by atoms with E-state index in [1.54, 1.807) is 23.1 Å². The van der Waals surface area contributed by atoms with Crippen LogP contribution in [0.4, 0.5) is 16.0 Å². The molecule has 2 N–H and O–H groups in total. The van der Waals surface area contributed by atoms with Crippen molar-refractivity contribution in [1.82, 2.24) is 29.9 Å². The molecule has 1 aliphatic heterocycles. The van der Waals surface area contributed by atoms with E-state index in [1.807, 2.05) is 0 Å². The second kappa shape index (κ2) is 7.24. The number of methoxy groups -OCH3 is 1. The lowest BCUT2D eigenvalue weighted by Crippen LogP contribution is -2.28. The number of rotatable bonds is 6. The molecule has 0 bridgehead atoms. The fourth-order valence-electron chi connectivity index (χ4n) is 3.22. The summed E-state index contributed by atoms with van der Waals surface area (Å²) in [7, 11) is 1.54. The SMILES string of the molecule is COc1cc(Nc2cnc3cnn([C@@H](CF)C4CCOCC4)c3n2)[nH]n1. The molecule has 26 heavy (non-hydrogen) atoms. The van der Waals surface area contributed by atoms with Gasteiger partial charge in [0.2, 0.25) is 5.88 Å². The molecule has 0 aliphatic carbocycles. The Morgan fingerprint density at radius 3 is 3.00 bits per heavy atom. The van der Waals surface area contributed by atoms with E-state index in [4.69, 9.17) is 9.47 Å². The molecule has 0 unspecified atom stereocenters. The molecule has 0 amide bonds. The Kier molecular flexibility index (Phi) is 4.65. The van der Waals surface area contributed by atoms with Crippen molar-refractivity contribution < 1.29 is 13.9 Å². The van der Waals surface area contributed by atoms with Gasteiger partial charge in [0.25, 0.3) is 0 Å². The molecule has 0 spiro atoms. The van der Waals surface area contributed by atoms with E-state index in [0.717, 1.165) is 12.8 Å². The molecule has 0 aromatic carbocycles.